The minimum Gasteiger partial charge on any atom is -0.497 e. The molecule has 0 saturated heterocycles. The van der Waals surface area contributed by atoms with Gasteiger partial charge in [0.15, 0.2) is 0 Å². The van der Waals surface area contributed by atoms with Gasteiger partial charge in [-0.1, -0.05) is 5.21 Å². The summed E-state index contributed by atoms with van der Waals surface area (Å²) in [5.41, 5.74) is 3.07. The van der Waals surface area contributed by atoms with Crippen LogP contribution in [0.15, 0.2) is 36.4 Å². The summed E-state index contributed by atoms with van der Waals surface area (Å²) in [5, 5.41) is 11.0. The SMILES string of the molecule is COC(=O)c1c(OC)cc(-c2nn[nH]c2-c2ccc(OC)cc2)cc1OC. The summed E-state index contributed by atoms with van der Waals surface area (Å²) in [6, 6.07) is 10.9. The summed E-state index contributed by atoms with van der Waals surface area (Å²) in [7, 11) is 5.85. The molecule has 8 heteroatoms. The van der Waals surface area contributed by atoms with Crippen molar-refractivity contribution in [2.45, 2.75) is 0 Å². The van der Waals surface area contributed by atoms with E-state index in [9.17, 15) is 4.79 Å². The molecule has 0 aliphatic carbocycles. The molecule has 1 N–H and O–H groups in total. The van der Waals surface area contributed by atoms with E-state index in [1.807, 2.05) is 24.3 Å². The van der Waals surface area contributed by atoms with Crippen LogP contribution >= 0.6 is 0 Å². The van der Waals surface area contributed by atoms with Crippen LogP contribution in [0.3, 0.4) is 0 Å². The van der Waals surface area contributed by atoms with Crippen LogP contribution in [0.1, 0.15) is 10.4 Å². The average molecular weight is 369 g/mol. The summed E-state index contributed by atoms with van der Waals surface area (Å²) in [6.07, 6.45) is 0. The van der Waals surface area contributed by atoms with Crippen molar-refractivity contribution < 1.29 is 23.7 Å². The van der Waals surface area contributed by atoms with Gasteiger partial charge >= 0.3 is 5.97 Å². The van der Waals surface area contributed by atoms with Crippen LogP contribution in [0.5, 0.6) is 17.2 Å². The molecule has 0 radical (unpaired) electrons. The lowest BCUT2D eigenvalue weighted by molar-refractivity contribution is 0.0593. The second kappa shape index (κ2) is 7.77. The number of methoxy groups -OCH3 is 4. The van der Waals surface area contributed by atoms with Crippen LogP contribution in [0.25, 0.3) is 22.5 Å². The van der Waals surface area contributed by atoms with Gasteiger partial charge in [-0.05, 0) is 36.4 Å². The van der Waals surface area contributed by atoms with E-state index in [4.69, 9.17) is 18.9 Å². The van der Waals surface area contributed by atoms with Crippen molar-refractivity contribution in [1.82, 2.24) is 15.4 Å². The van der Waals surface area contributed by atoms with Gasteiger partial charge in [0, 0.05) is 11.1 Å². The summed E-state index contributed by atoms with van der Waals surface area (Å²) >= 11 is 0. The molecule has 0 bridgehead atoms. The summed E-state index contributed by atoms with van der Waals surface area (Å²) in [4.78, 5) is 12.1. The molecule has 27 heavy (non-hydrogen) atoms. The minimum absolute atomic E-state index is 0.209. The van der Waals surface area contributed by atoms with E-state index in [1.165, 1.54) is 21.3 Å². The van der Waals surface area contributed by atoms with E-state index in [2.05, 4.69) is 15.4 Å². The second-order valence-corrected chi connectivity index (χ2v) is 5.51. The molecule has 8 nitrogen and oxygen atoms in total. The van der Waals surface area contributed by atoms with Crippen molar-refractivity contribution in [3.63, 3.8) is 0 Å². The zero-order valence-electron chi connectivity index (χ0n) is 15.4. The van der Waals surface area contributed by atoms with Crippen LogP contribution < -0.4 is 14.2 Å². The normalized spacial score (nSPS) is 10.4. The molecule has 0 amide bonds. The van der Waals surface area contributed by atoms with E-state index in [-0.39, 0.29) is 5.56 Å². The fourth-order valence-corrected chi connectivity index (χ4v) is 2.74. The zero-order valence-corrected chi connectivity index (χ0v) is 15.4. The third-order valence-corrected chi connectivity index (χ3v) is 4.10. The van der Waals surface area contributed by atoms with Crippen LogP contribution in [0.4, 0.5) is 0 Å². The van der Waals surface area contributed by atoms with Gasteiger partial charge in [0.2, 0.25) is 0 Å². The Bertz CT molecular complexity index is 925. The van der Waals surface area contributed by atoms with Crippen molar-refractivity contribution in [2.75, 3.05) is 28.4 Å². The monoisotopic (exact) mass is 369 g/mol. The minimum atomic E-state index is -0.550. The van der Waals surface area contributed by atoms with Gasteiger partial charge in [0.25, 0.3) is 0 Å². The first kappa shape index (κ1) is 18.2. The predicted octanol–water partition coefficient (Wildman–Crippen LogP) is 2.95. The number of nitrogens with zero attached hydrogens (tertiary/aromatic N) is 2. The van der Waals surface area contributed by atoms with Crippen molar-refractivity contribution in [2.24, 2.45) is 0 Å². The number of aromatic amines is 1. The van der Waals surface area contributed by atoms with Gasteiger partial charge in [0.05, 0.1) is 34.1 Å². The van der Waals surface area contributed by atoms with Gasteiger partial charge in [0.1, 0.15) is 28.5 Å². The van der Waals surface area contributed by atoms with Crippen LogP contribution in [-0.2, 0) is 4.74 Å². The highest BCUT2D eigenvalue weighted by molar-refractivity contribution is 5.97. The number of nitrogens with one attached hydrogen (secondary N) is 1. The highest BCUT2D eigenvalue weighted by atomic mass is 16.5. The highest BCUT2D eigenvalue weighted by Gasteiger charge is 2.23. The van der Waals surface area contributed by atoms with E-state index < -0.39 is 5.97 Å². The third-order valence-electron chi connectivity index (χ3n) is 4.10. The molecule has 0 atom stereocenters. The van der Waals surface area contributed by atoms with E-state index in [0.29, 0.717) is 28.5 Å². The maximum absolute atomic E-state index is 12.1. The Morgan fingerprint density at radius 2 is 1.52 bits per heavy atom. The van der Waals surface area contributed by atoms with E-state index in [0.717, 1.165) is 11.3 Å². The van der Waals surface area contributed by atoms with Gasteiger partial charge in [-0.15, -0.1) is 5.10 Å². The standard InChI is InChI=1S/C19H19N3O5/c1-24-13-7-5-11(6-8-13)17-18(21-22-20-17)12-9-14(25-2)16(19(23)27-4)15(10-12)26-3/h5-10H,1-4H3,(H,20,21,22). The first-order valence-electron chi connectivity index (χ1n) is 8.03. The number of hydrogen-bond donors (Lipinski definition) is 1. The number of benzene rings is 2. The third kappa shape index (κ3) is 3.41. The molecular formula is C19H19N3O5. The highest BCUT2D eigenvalue weighted by Crippen LogP contribution is 2.37. The van der Waals surface area contributed by atoms with Gasteiger partial charge < -0.3 is 18.9 Å². The van der Waals surface area contributed by atoms with Gasteiger partial charge in [-0.2, -0.15) is 0 Å². The summed E-state index contributed by atoms with van der Waals surface area (Å²) in [5.74, 6) is 0.837. The molecule has 0 unspecified atom stereocenters. The first-order valence-corrected chi connectivity index (χ1v) is 8.03. The fourth-order valence-electron chi connectivity index (χ4n) is 2.74. The van der Waals surface area contributed by atoms with Crippen molar-refractivity contribution in [3.05, 3.63) is 42.0 Å². The molecule has 0 saturated carbocycles. The molecule has 0 fully saturated rings. The molecule has 3 aromatic rings. The molecule has 0 aliphatic heterocycles. The molecular weight excluding hydrogens is 350 g/mol. The Hall–Kier alpha value is -3.55. The molecule has 2 aromatic carbocycles. The fraction of sp³-hybridized carbons (Fsp3) is 0.211. The van der Waals surface area contributed by atoms with Crippen LogP contribution in [0, 0.1) is 0 Å². The lowest BCUT2D eigenvalue weighted by Crippen LogP contribution is -2.07. The lowest BCUT2D eigenvalue weighted by atomic mass is 10.0. The summed E-state index contributed by atoms with van der Waals surface area (Å²) < 4.78 is 20.8. The number of hydrogen-bond acceptors (Lipinski definition) is 7. The molecule has 140 valence electrons. The Morgan fingerprint density at radius 3 is 2.04 bits per heavy atom. The quantitative estimate of drug-likeness (QED) is 0.667. The number of carbonyl (C=O) groups excluding carboxylic acids is 1. The molecule has 3 rings (SSSR count). The Labute approximate surface area is 156 Å². The molecule has 0 spiro atoms. The number of ether oxygens (including phenoxy) is 4. The van der Waals surface area contributed by atoms with E-state index >= 15 is 0 Å². The van der Waals surface area contributed by atoms with Crippen LogP contribution in [-0.4, -0.2) is 49.8 Å². The first-order chi connectivity index (χ1) is 13.1. The topological polar surface area (TPSA) is 95.6 Å². The predicted molar refractivity (Wildman–Crippen MR) is 98.3 cm³/mol. The second-order valence-electron chi connectivity index (χ2n) is 5.51. The van der Waals surface area contributed by atoms with Gasteiger partial charge in [-0.3, -0.25) is 5.10 Å². The molecule has 0 aliphatic rings. The Morgan fingerprint density at radius 1 is 0.889 bits per heavy atom. The number of esters is 1. The zero-order chi connectivity index (χ0) is 19.4. The summed E-state index contributed by atoms with van der Waals surface area (Å²) in [6.45, 7) is 0. The van der Waals surface area contributed by atoms with Gasteiger partial charge in [-0.25, -0.2) is 4.79 Å². The van der Waals surface area contributed by atoms with Crippen LogP contribution in [0.2, 0.25) is 0 Å². The smallest absolute Gasteiger partial charge is 0.345 e. The Kier molecular flexibility index (Phi) is 5.25. The number of H-pyrrole nitrogens is 1. The largest absolute Gasteiger partial charge is 0.497 e. The van der Waals surface area contributed by atoms with Crippen molar-refractivity contribution >= 4 is 5.97 Å². The number of aromatic nitrogens is 3. The number of carbonyl (C=O) groups is 1. The lowest BCUT2D eigenvalue weighted by Gasteiger charge is -2.13. The molecule has 1 aromatic heterocycles. The average Bonchev–Trinajstić information content (AvgIpc) is 3.22. The maximum atomic E-state index is 12.1. The Balaban J connectivity index is 2.12. The molecule has 1 heterocycles. The van der Waals surface area contributed by atoms with Crippen molar-refractivity contribution in [3.8, 4) is 39.8 Å². The number of rotatable bonds is 6. The maximum Gasteiger partial charge on any atom is 0.345 e. The van der Waals surface area contributed by atoms with Crippen molar-refractivity contribution in [1.29, 1.82) is 0 Å². The van der Waals surface area contributed by atoms with E-state index in [1.54, 1.807) is 19.2 Å².